The molecule has 3 aromatic rings. The number of hydrogen-bond donors (Lipinski definition) is 0. The molecular formula is C29H35Cl2N5O4. The van der Waals surface area contributed by atoms with Crippen molar-refractivity contribution in [1.29, 1.82) is 0 Å². The summed E-state index contributed by atoms with van der Waals surface area (Å²) < 4.78 is 18.2. The summed E-state index contributed by atoms with van der Waals surface area (Å²) in [6.45, 7) is 10.0. The van der Waals surface area contributed by atoms with Gasteiger partial charge in [-0.1, -0.05) is 23.2 Å². The van der Waals surface area contributed by atoms with Gasteiger partial charge < -0.3 is 19.1 Å². The van der Waals surface area contributed by atoms with E-state index in [4.69, 9.17) is 42.4 Å². The van der Waals surface area contributed by atoms with Gasteiger partial charge >= 0.3 is 0 Å². The number of carbonyl (C=O) groups excluding carboxylic acids is 1. The molecular weight excluding hydrogens is 553 g/mol. The highest BCUT2D eigenvalue weighted by Gasteiger charge is 2.21. The third kappa shape index (κ3) is 6.28. The van der Waals surface area contributed by atoms with Gasteiger partial charge in [-0.05, 0) is 26.0 Å². The van der Waals surface area contributed by atoms with Crippen LogP contribution in [0.1, 0.15) is 23.7 Å². The van der Waals surface area contributed by atoms with Gasteiger partial charge in [-0.25, -0.2) is 0 Å². The number of rotatable bonds is 11. The quantitative estimate of drug-likeness (QED) is 0.226. The molecule has 3 heterocycles. The minimum Gasteiger partial charge on any atom is -0.495 e. The van der Waals surface area contributed by atoms with Crippen LogP contribution in [0.25, 0.3) is 22.9 Å². The van der Waals surface area contributed by atoms with Crippen molar-refractivity contribution < 1.29 is 19.0 Å². The Morgan fingerprint density at radius 3 is 2.38 bits per heavy atom. The van der Waals surface area contributed by atoms with Crippen LogP contribution in [-0.4, -0.2) is 86.6 Å². The molecule has 0 spiro atoms. The standard InChI is InChI=1S/C29H35Cl2N5O4/c1-6-34(3)24-14-23(22-17-33-36(19(22)2)8-7-35-9-11-40-12-10-35)32-16-20(24)13-21(18-37)27-28(30)25(38-4)15-26(39-5)29(27)31/h13-18H,6-12H2,1-5H3/b21-13+. The molecule has 0 N–H and O–H groups in total. The first kappa shape index (κ1) is 29.9. The van der Waals surface area contributed by atoms with Crippen LogP contribution in [0.15, 0.2) is 24.5 Å². The van der Waals surface area contributed by atoms with Crippen LogP contribution in [0.4, 0.5) is 5.69 Å². The fourth-order valence-electron chi connectivity index (χ4n) is 4.67. The largest absolute Gasteiger partial charge is 0.495 e. The van der Waals surface area contributed by atoms with Crippen LogP contribution in [0.2, 0.25) is 10.0 Å². The highest BCUT2D eigenvalue weighted by atomic mass is 35.5. The highest BCUT2D eigenvalue weighted by Crippen LogP contribution is 2.44. The van der Waals surface area contributed by atoms with Gasteiger partial charge in [0, 0.05) is 79.1 Å². The summed E-state index contributed by atoms with van der Waals surface area (Å²) in [7, 11) is 4.98. The molecule has 0 radical (unpaired) electrons. The van der Waals surface area contributed by atoms with Gasteiger partial charge in [0.1, 0.15) is 11.5 Å². The first-order valence-electron chi connectivity index (χ1n) is 13.1. The van der Waals surface area contributed by atoms with E-state index in [0.29, 0.717) is 17.1 Å². The number of benzene rings is 1. The molecule has 0 bridgehead atoms. The summed E-state index contributed by atoms with van der Waals surface area (Å²) in [5.41, 5.74) is 5.05. The lowest BCUT2D eigenvalue weighted by atomic mass is 10.0. The Hall–Kier alpha value is -3.11. The first-order chi connectivity index (χ1) is 19.3. The second kappa shape index (κ2) is 13.5. The number of methoxy groups -OCH3 is 2. The molecule has 0 aliphatic carbocycles. The van der Waals surface area contributed by atoms with Crippen LogP contribution in [-0.2, 0) is 16.1 Å². The molecule has 40 heavy (non-hydrogen) atoms. The maximum atomic E-state index is 12.4. The van der Waals surface area contributed by atoms with Crippen LogP contribution in [0, 0.1) is 6.92 Å². The van der Waals surface area contributed by atoms with E-state index in [1.165, 1.54) is 14.2 Å². The number of carbonyl (C=O) groups is 1. The molecule has 1 saturated heterocycles. The summed E-state index contributed by atoms with van der Waals surface area (Å²) in [5, 5.41) is 5.09. The zero-order valence-electron chi connectivity index (χ0n) is 23.5. The summed E-state index contributed by atoms with van der Waals surface area (Å²) in [6.07, 6.45) is 6.07. The minimum absolute atomic E-state index is 0.224. The number of pyridine rings is 1. The van der Waals surface area contributed by atoms with Crippen LogP contribution in [0.3, 0.4) is 0 Å². The molecule has 0 atom stereocenters. The highest BCUT2D eigenvalue weighted by molar-refractivity contribution is 6.41. The van der Waals surface area contributed by atoms with Crippen molar-refractivity contribution in [3.8, 4) is 22.8 Å². The van der Waals surface area contributed by atoms with E-state index in [1.807, 2.05) is 24.0 Å². The fourth-order valence-corrected chi connectivity index (χ4v) is 5.39. The van der Waals surface area contributed by atoms with E-state index in [-0.39, 0.29) is 15.6 Å². The lowest BCUT2D eigenvalue weighted by Crippen LogP contribution is -2.38. The second-order valence-corrected chi connectivity index (χ2v) is 10.2. The number of anilines is 1. The third-order valence-corrected chi connectivity index (χ3v) is 7.96. The van der Waals surface area contributed by atoms with Crippen molar-refractivity contribution in [3.63, 3.8) is 0 Å². The molecule has 0 saturated carbocycles. The van der Waals surface area contributed by atoms with Gasteiger partial charge in [-0.2, -0.15) is 5.10 Å². The molecule has 11 heteroatoms. The van der Waals surface area contributed by atoms with Gasteiger partial charge in [0.2, 0.25) is 0 Å². The van der Waals surface area contributed by atoms with Crippen LogP contribution >= 0.6 is 23.2 Å². The van der Waals surface area contributed by atoms with Crippen molar-refractivity contribution in [2.45, 2.75) is 20.4 Å². The van der Waals surface area contributed by atoms with Crippen molar-refractivity contribution in [2.24, 2.45) is 0 Å². The Bertz CT molecular complexity index is 1360. The number of morpholine rings is 1. The maximum Gasteiger partial charge on any atom is 0.150 e. The van der Waals surface area contributed by atoms with Crippen LogP contribution < -0.4 is 14.4 Å². The maximum absolute atomic E-state index is 12.4. The van der Waals surface area contributed by atoms with Crippen molar-refractivity contribution in [1.82, 2.24) is 19.7 Å². The molecule has 1 aliphatic heterocycles. The summed E-state index contributed by atoms with van der Waals surface area (Å²) in [5.74, 6) is 0.706. The lowest BCUT2D eigenvalue weighted by Gasteiger charge is -2.26. The van der Waals surface area contributed by atoms with Gasteiger partial charge in [-0.3, -0.25) is 19.4 Å². The fraction of sp³-hybridized carbons (Fsp3) is 0.414. The number of ether oxygens (including phenoxy) is 3. The van der Waals surface area contributed by atoms with Gasteiger partial charge in [0.05, 0.1) is 55.9 Å². The molecule has 1 aliphatic rings. The average Bonchev–Trinajstić information content (AvgIpc) is 3.35. The van der Waals surface area contributed by atoms with Crippen molar-refractivity contribution in [2.75, 3.05) is 65.6 Å². The van der Waals surface area contributed by atoms with E-state index >= 15 is 0 Å². The van der Waals surface area contributed by atoms with Crippen LogP contribution in [0.5, 0.6) is 11.5 Å². The smallest absolute Gasteiger partial charge is 0.150 e. The Labute approximate surface area is 245 Å². The summed E-state index contributed by atoms with van der Waals surface area (Å²) >= 11 is 13.2. The van der Waals surface area contributed by atoms with Gasteiger partial charge in [-0.15, -0.1) is 0 Å². The Balaban J connectivity index is 1.71. The molecule has 1 aromatic carbocycles. The number of halogens is 2. The Kier molecular flexibility index (Phi) is 10.1. The molecule has 2 aromatic heterocycles. The number of hydrogen-bond acceptors (Lipinski definition) is 8. The molecule has 4 rings (SSSR count). The molecule has 1 fully saturated rings. The second-order valence-electron chi connectivity index (χ2n) is 9.46. The summed E-state index contributed by atoms with van der Waals surface area (Å²) in [6, 6.07) is 3.61. The van der Waals surface area contributed by atoms with Gasteiger partial charge in [0.15, 0.2) is 6.29 Å². The minimum atomic E-state index is 0.224. The van der Waals surface area contributed by atoms with E-state index < -0.39 is 0 Å². The van der Waals surface area contributed by atoms with Gasteiger partial charge in [0.25, 0.3) is 0 Å². The lowest BCUT2D eigenvalue weighted by molar-refractivity contribution is -0.103. The normalized spacial score (nSPS) is 14.3. The first-order valence-corrected chi connectivity index (χ1v) is 13.9. The Morgan fingerprint density at radius 2 is 1.77 bits per heavy atom. The van der Waals surface area contributed by atoms with Crippen molar-refractivity contribution >= 4 is 46.8 Å². The van der Waals surface area contributed by atoms with E-state index in [0.717, 1.165) is 80.4 Å². The zero-order chi connectivity index (χ0) is 28.8. The molecule has 9 nitrogen and oxygen atoms in total. The number of nitrogens with zero attached hydrogens (tertiary/aromatic N) is 5. The number of aromatic nitrogens is 3. The SMILES string of the molecule is CCN(C)c1cc(-c2cnn(CCN3CCOCC3)c2C)ncc1/C=C(\C=O)c1c(Cl)c(OC)cc(OC)c1Cl. The Morgan fingerprint density at radius 1 is 1.10 bits per heavy atom. The van der Waals surface area contributed by atoms with Crippen molar-refractivity contribution in [3.05, 3.63) is 51.4 Å². The molecule has 0 unspecified atom stereocenters. The van der Waals surface area contributed by atoms with E-state index in [9.17, 15) is 4.79 Å². The monoisotopic (exact) mass is 587 g/mol. The zero-order valence-corrected chi connectivity index (χ0v) is 25.1. The molecule has 0 amide bonds. The summed E-state index contributed by atoms with van der Waals surface area (Å²) in [4.78, 5) is 21.6. The average molecular weight is 589 g/mol. The number of aldehydes is 1. The number of allylic oxidation sites excluding steroid dienone is 1. The van der Waals surface area contributed by atoms with E-state index in [2.05, 4.69) is 28.7 Å². The molecule has 214 valence electrons. The third-order valence-electron chi connectivity index (χ3n) is 7.21. The predicted octanol–water partition coefficient (Wildman–Crippen LogP) is 5.11. The van der Waals surface area contributed by atoms with E-state index in [1.54, 1.807) is 18.3 Å². The topological polar surface area (TPSA) is 82.0 Å². The predicted molar refractivity (Wildman–Crippen MR) is 160 cm³/mol.